The molecule has 28 heavy (non-hydrogen) atoms. The van der Waals surface area contributed by atoms with E-state index in [0.717, 1.165) is 29.7 Å². The molecule has 1 aliphatic carbocycles. The molecule has 3 heterocycles. The molecular formula is C22H18N4O2. The lowest BCUT2D eigenvalue weighted by molar-refractivity contribution is 0.102. The number of hydrogen-bond donors (Lipinski definition) is 1. The standard InChI is InChI=1S/C22H18N4O2/c1-13-2-4-15(5-3-13)20-19-17(21(27)24-16-8-10-23-11-9-16)12-18(14-6-7-14)25-22(19)28-26-20/h2-5,8-12,14H,6-7H2,1H3,(H,23,24,27). The Bertz CT molecular complexity index is 1160. The second-order valence-corrected chi connectivity index (χ2v) is 7.14. The molecule has 138 valence electrons. The highest BCUT2D eigenvalue weighted by Gasteiger charge is 2.29. The van der Waals surface area contributed by atoms with Gasteiger partial charge in [0, 0.05) is 35.3 Å². The van der Waals surface area contributed by atoms with Gasteiger partial charge >= 0.3 is 0 Å². The van der Waals surface area contributed by atoms with Crippen LogP contribution in [0.15, 0.2) is 59.4 Å². The van der Waals surface area contributed by atoms with Crippen molar-refractivity contribution >= 4 is 22.7 Å². The van der Waals surface area contributed by atoms with Crippen molar-refractivity contribution in [3.05, 3.63) is 71.7 Å². The van der Waals surface area contributed by atoms with E-state index >= 15 is 0 Å². The van der Waals surface area contributed by atoms with E-state index in [4.69, 9.17) is 4.52 Å². The number of amides is 1. The number of carbonyl (C=O) groups is 1. The second kappa shape index (κ2) is 6.56. The highest BCUT2D eigenvalue weighted by molar-refractivity contribution is 6.14. The summed E-state index contributed by atoms with van der Waals surface area (Å²) in [7, 11) is 0. The molecule has 0 saturated heterocycles. The average Bonchev–Trinajstić information content (AvgIpc) is 3.48. The first-order chi connectivity index (χ1) is 13.7. The van der Waals surface area contributed by atoms with Crippen molar-refractivity contribution in [1.82, 2.24) is 15.1 Å². The van der Waals surface area contributed by atoms with Crippen molar-refractivity contribution in [1.29, 1.82) is 0 Å². The Morgan fingerprint density at radius 2 is 1.86 bits per heavy atom. The van der Waals surface area contributed by atoms with Crippen molar-refractivity contribution in [2.24, 2.45) is 0 Å². The number of nitrogens with zero attached hydrogens (tertiary/aromatic N) is 3. The molecular weight excluding hydrogens is 352 g/mol. The van der Waals surface area contributed by atoms with Crippen LogP contribution in [0.25, 0.3) is 22.4 Å². The third kappa shape index (κ3) is 3.03. The Morgan fingerprint density at radius 1 is 1.11 bits per heavy atom. The van der Waals surface area contributed by atoms with Gasteiger partial charge < -0.3 is 9.84 Å². The van der Waals surface area contributed by atoms with Crippen molar-refractivity contribution in [3.63, 3.8) is 0 Å². The molecule has 0 atom stereocenters. The molecule has 5 rings (SSSR count). The van der Waals surface area contributed by atoms with Crippen LogP contribution in [0, 0.1) is 6.92 Å². The van der Waals surface area contributed by atoms with Crippen molar-refractivity contribution in [2.75, 3.05) is 5.32 Å². The van der Waals surface area contributed by atoms with Crippen LogP contribution in [0.2, 0.25) is 0 Å². The maximum atomic E-state index is 13.1. The van der Waals surface area contributed by atoms with Crippen molar-refractivity contribution in [3.8, 4) is 11.3 Å². The number of rotatable bonds is 4. The van der Waals surface area contributed by atoms with Gasteiger partial charge in [-0.15, -0.1) is 0 Å². The number of fused-ring (bicyclic) bond motifs is 1. The number of aromatic nitrogens is 3. The maximum Gasteiger partial charge on any atom is 0.259 e. The second-order valence-electron chi connectivity index (χ2n) is 7.14. The van der Waals surface area contributed by atoms with Gasteiger partial charge in [0.15, 0.2) is 0 Å². The predicted molar refractivity (Wildman–Crippen MR) is 106 cm³/mol. The lowest BCUT2D eigenvalue weighted by Gasteiger charge is -2.08. The minimum Gasteiger partial charge on any atom is -0.335 e. The fourth-order valence-electron chi connectivity index (χ4n) is 3.28. The first-order valence-corrected chi connectivity index (χ1v) is 9.28. The minimum absolute atomic E-state index is 0.211. The summed E-state index contributed by atoms with van der Waals surface area (Å²) in [6.07, 6.45) is 5.46. The quantitative estimate of drug-likeness (QED) is 0.562. The molecule has 0 aliphatic heterocycles. The molecule has 6 nitrogen and oxygen atoms in total. The van der Waals surface area contributed by atoms with Crippen LogP contribution in [0.3, 0.4) is 0 Å². The molecule has 0 unspecified atom stereocenters. The molecule has 1 N–H and O–H groups in total. The number of benzene rings is 1. The van der Waals surface area contributed by atoms with Gasteiger partial charge in [-0.05, 0) is 38.0 Å². The Balaban J connectivity index is 1.65. The highest BCUT2D eigenvalue weighted by atomic mass is 16.5. The molecule has 1 fully saturated rings. The van der Waals surface area contributed by atoms with Crippen LogP contribution in [0.4, 0.5) is 5.69 Å². The van der Waals surface area contributed by atoms with E-state index in [-0.39, 0.29) is 5.91 Å². The van der Waals surface area contributed by atoms with Gasteiger partial charge in [0.25, 0.3) is 11.6 Å². The van der Waals surface area contributed by atoms with Crippen LogP contribution < -0.4 is 5.32 Å². The SMILES string of the molecule is Cc1ccc(-c2noc3nc(C4CC4)cc(C(=O)Nc4ccncc4)c23)cc1. The summed E-state index contributed by atoms with van der Waals surface area (Å²) in [5.41, 5.74) is 5.18. The van der Waals surface area contributed by atoms with E-state index in [1.54, 1.807) is 24.5 Å². The third-order valence-corrected chi connectivity index (χ3v) is 4.97. The Kier molecular flexibility index (Phi) is 3.90. The van der Waals surface area contributed by atoms with E-state index in [0.29, 0.717) is 34.0 Å². The first kappa shape index (κ1) is 16.6. The number of pyridine rings is 2. The van der Waals surface area contributed by atoms with Gasteiger partial charge in [-0.3, -0.25) is 9.78 Å². The van der Waals surface area contributed by atoms with Gasteiger partial charge in [0.2, 0.25) is 0 Å². The monoisotopic (exact) mass is 370 g/mol. The fraction of sp³-hybridized carbons (Fsp3) is 0.182. The molecule has 0 spiro atoms. The molecule has 4 aromatic rings. The zero-order valence-electron chi connectivity index (χ0n) is 15.3. The molecule has 1 aliphatic rings. The average molecular weight is 370 g/mol. The van der Waals surface area contributed by atoms with Gasteiger partial charge in [0.1, 0.15) is 5.69 Å². The van der Waals surface area contributed by atoms with Crippen molar-refractivity contribution < 1.29 is 9.32 Å². The number of hydrogen-bond acceptors (Lipinski definition) is 5. The molecule has 1 aromatic carbocycles. The maximum absolute atomic E-state index is 13.1. The Morgan fingerprint density at radius 3 is 2.57 bits per heavy atom. The van der Waals surface area contributed by atoms with E-state index < -0.39 is 0 Å². The van der Waals surface area contributed by atoms with E-state index in [9.17, 15) is 4.79 Å². The third-order valence-electron chi connectivity index (χ3n) is 4.97. The van der Waals surface area contributed by atoms with Crippen molar-refractivity contribution in [2.45, 2.75) is 25.7 Å². The van der Waals surface area contributed by atoms with Crippen LogP contribution in [0.5, 0.6) is 0 Å². The fourth-order valence-corrected chi connectivity index (χ4v) is 3.28. The summed E-state index contributed by atoms with van der Waals surface area (Å²) in [6, 6.07) is 13.4. The van der Waals surface area contributed by atoms with Gasteiger partial charge in [-0.2, -0.15) is 0 Å². The lowest BCUT2D eigenvalue weighted by Crippen LogP contribution is -2.13. The summed E-state index contributed by atoms with van der Waals surface area (Å²) in [6.45, 7) is 2.03. The summed E-state index contributed by atoms with van der Waals surface area (Å²) in [5, 5.41) is 7.82. The molecule has 0 bridgehead atoms. The van der Waals surface area contributed by atoms with Crippen LogP contribution in [0.1, 0.15) is 40.4 Å². The Labute approximate surface area is 161 Å². The molecule has 6 heteroatoms. The number of carbonyl (C=O) groups excluding carboxylic acids is 1. The topological polar surface area (TPSA) is 80.9 Å². The summed E-state index contributed by atoms with van der Waals surface area (Å²) in [4.78, 5) is 21.7. The van der Waals surface area contributed by atoms with Crippen LogP contribution >= 0.6 is 0 Å². The number of aryl methyl sites for hydroxylation is 1. The highest BCUT2D eigenvalue weighted by Crippen LogP contribution is 2.41. The smallest absolute Gasteiger partial charge is 0.259 e. The Hall–Kier alpha value is -3.54. The lowest BCUT2D eigenvalue weighted by atomic mass is 10.0. The molecule has 0 radical (unpaired) electrons. The van der Waals surface area contributed by atoms with E-state index in [1.807, 2.05) is 37.3 Å². The van der Waals surface area contributed by atoms with Crippen LogP contribution in [-0.2, 0) is 0 Å². The zero-order valence-corrected chi connectivity index (χ0v) is 15.3. The minimum atomic E-state index is -0.211. The largest absolute Gasteiger partial charge is 0.335 e. The normalized spacial score (nSPS) is 13.6. The van der Waals surface area contributed by atoms with Gasteiger partial charge in [-0.1, -0.05) is 35.0 Å². The molecule has 3 aromatic heterocycles. The summed E-state index contributed by atoms with van der Waals surface area (Å²) < 4.78 is 5.54. The summed E-state index contributed by atoms with van der Waals surface area (Å²) >= 11 is 0. The van der Waals surface area contributed by atoms with E-state index in [2.05, 4.69) is 20.4 Å². The molecule has 1 saturated carbocycles. The molecule has 1 amide bonds. The van der Waals surface area contributed by atoms with Crippen LogP contribution in [-0.4, -0.2) is 21.0 Å². The first-order valence-electron chi connectivity index (χ1n) is 9.28. The number of nitrogens with one attached hydrogen (secondary N) is 1. The zero-order chi connectivity index (χ0) is 19.1. The van der Waals surface area contributed by atoms with Gasteiger partial charge in [0.05, 0.1) is 10.9 Å². The predicted octanol–water partition coefficient (Wildman–Crippen LogP) is 4.72. The summed E-state index contributed by atoms with van der Waals surface area (Å²) in [5.74, 6) is 0.182. The van der Waals surface area contributed by atoms with Gasteiger partial charge in [-0.25, -0.2) is 4.98 Å². The number of anilines is 1. The van der Waals surface area contributed by atoms with E-state index in [1.165, 1.54) is 0 Å².